The molecule has 1 amide bonds. The molecule has 134 valence electrons. The molecule has 3 rings (SSSR count). The maximum absolute atomic E-state index is 12.4. The van der Waals surface area contributed by atoms with Crippen LogP contribution in [0.15, 0.2) is 35.5 Å². The normalized spacial score (nSPS) is 12.1. The van der Waals surface area contributed by atoms with Gasteiger partial charge in [-0.25, -0.2) is 4.98 Å². The number of non-ortho nitro benzene ring substituents is 1. The van der Waals surface area contributed by atoms with Crippen molar-refractivity contribution in [3.8, 4) is 0 Å². The van der Waals surface area contributed by atoms with Crippen LogP contribution in [0.3, 0.4) is 0 Å². The Hall–Kier alpha value is -3.01. The lowest BCUT2D eigenvalue weighted by Crippen LogP contribution is -2.22. The minimum absolute atomic E-state index is 0.0291. The topological polar surface area (TPSA) is 115 Å². The van der Waals surface area contributed by atoms with Gasteiger partial charge in [-0.05, 0) is 32.9 Å². The lowest BCUT2D eigenvalue weighted by molar-refractivity contribution is -0.384. The van der Waals surface area contributed by atoms with Crippen molar-refractivity contribution in [1.29, 1.82) is 0 Å². The van der Waals surface area contributed by atoms with Crippen LogP contribution in [0.2, 0.25) is 0 Å². The molecule has 2 heterocycles. The van der Waals surface area contributed by atoms with Gasteiger partial charge in [-0.3, -0.25) is 19.3 Å². The quantitative estimate of drug-likeness (QED) is 0.416. The summed E-state index contributed by atoms with van der Waals surface area (Å²) in [4.78, 5) is 27.0. The van der Waals surface area contributed by atoms with Crippen LogP contribution in [0.25, 0.3) is 5.65 Å². The highest BCUT2D eigenvalue weighted by Crippen LogP contribution is 2.24. The Morgan fingerprint density at radius 3 is 2.62 bits per heavy atom. The fourth-order valence-electron chi connectivity index (χ4n) is 2.40. The van der Waals surface area contributed by atoms with E-state index in [2.05, 4.69) is 20.5 Å². The molecule has 0 bridgehead atoms. The smallest absolute Gasteiger partial charge is 0.269 e. The average Bonchev–Trinajstić information content (AvgIpc) is 2.98. The second-order valence-corrected chi connectivity index (χ2v) is 6.98. The maximum Gasteiger partial charge on any atom is 0.269 e. The first kappa shape index (κ1) is 17.8. The van der Waals surface area contributed by atoms with Crippen LogP contribution < -0.4 is 5.32 Å². The summed E-state index contributed by atoms with van der Waals surface area (Å²) in [6.07, 6.45) is 0. The summed E-state index contributed by atoms with van der Waals surface area (Å²) in [7, 11) is 0. The number of anilines is 1. The molecule has 1 N–H and O–H groups in total. The zero-order valence-corrected chi connectivity index (χ0v) is 15.1. The number of fused-ring (bicyclic) bond motifs is 1. The molecule has 1 aromatic carbocycles. The van der Waals surface area contributed by atoms with Crippen molar-refractivity contribution >= 4 is 34.7 Å². The number of carbonyl (C=O) groups is 1. The van der Waals surface area contributed by atoms with Gasteiger partial charge in [0.1, 0.15) is 5.82 Å². The van der Waals surface area contributed by atoms with Crippen LogP contribution >= 0.6 is 11.8 Å². The number of nitrogens with zero attached hydrogens (tertiary/aromatic N) is 5. The van der Waals surface area contributed by atoms with Gasteiger partial charge in [0.05, 0.1) is 10.2 Å². The molecule has 0 saturated heterocycles. The molecule has 0 radical (unpaired) electrons. The largest absolute Gasteiger partial charge is 0.325 e. The zero-order valence-electron chi connectivity index (χ0n) is 14.3. The van der Waals surface area contributed by atoms with E-state index in [0.29, 0.717) is 16.5 Å². The molecular formula is C16H16N6O3S. The Balaban J connectivity index is 1.72. The summed E-state index contributed by atoms with van der Waals surface area (Å²) in [5.41, 5.74) is 2.00. The molecule has 0 aliphatic carbocycles. The van der Waals surface area contributed by atoms with E-state index in [1.54, 1.807) is 11.3 Å². The van der Waals surface area contributed by atoms with Gasteiger partial charge < -0.3 is 5.32 Å². The third kappa shape index (κ3) is 3.64. The fraction of sp³-hybridized carbons (Fsp3) is 0.250. The van der Waals surface area contributed by atoms with Gasteiger partial charge in [0.25, 0.3) is 5.69 Å². The number of nitro benzene ring substituents is 1. The maximum atomic E-state index is 12.4. The third-order valence-electron chi connectivity index (χ3n) is 3.66. The van der Waals surface area contributed by atoms with Crippen LogP contribution in [0.4, 0.5) is 11.4 Å². The summed E-state index contributed by atoms with van der Waals surface area (Å²) < 4.78 is 1.80. The van der Waals surface area contributed by atoms with Gasteiger partial charge >= 0.3 is 0 Å². The molecule has 0 fully saturated rings. The number of thioether (sulfide) groups is 1. The van der Waals surface area contributed by atoms with Gasteiger partial charge in [-0.1, -0.05) is 11.8 Å². The molecule has 0 saturated carbocycles. The molecule has 26 heavy (non-hydrogen) atoms. The summed E-state index contributed by atoms with van der Waals surface area (Å²) in [6.45, 7) is 5.49. The number of rotatable bonds is 5. The Kier molecular flexibility index (Phi) is 4.85. The molecule has 0 spiro atoms. The molecular weight excluding hydrogens is 356 g/mol. The number of aryl methyl sites for hydroxylation is 2. The first-order valence-corrected chi connectivity index (χ1v) is 8.64. The molecule has 0 aliphatic rings. The van der Waals surface area contributed by atoms with Crippen molar-refractivity contribution < 1.29 is 9.72 Å². The van der Waals surface area contributed by atoms with Gasteiger partial charge in [0.15, 0.2) is 10.8 Å². The van der Waals surface area contributed by atoms with Crippen molar-refractivity contribution in [2.24, 2.45) is 0 Å². The van der Waals surface area contributed by atoms with Crippen LogP contribution in [0, 0.1) is 24.0 Å². The van der Waals surface area contributed by atoms with Gasteiger partial charge in [0.2, 0.25) is 5.91 Å². The van der Waals surface area contributed by atoms with Gasteiger partial charge in [-0.2, -0.15) is 0 Å². The number of carbonyl (C=O) groups excluding carboxylic acids is 1. The van der Waals surface area contributed by atoms with E-state index in [-0.39, 0.29) is 11.6 Å². The summed E-state index contributed by atoms with van der Waals surface area (Å²) in [5.74, 6) is 0.508. The van der Waals surface area contributed by atoms with Crippen molar-refractivity contribution in [2.75, 3.05) is 5.32 Å². The van der Waals surface area contributed by atoms with E-state index >= 15 is 0 Å². The summed E-state index contributed by atoms with van der Waals surface area (Å²) in [6, 6.07) is 7.51. The standard InChI is InChI=1S/C16H16N6O3S/c1-9-8-14-19-20-16(21(14)11(3)17-9)26-10(2)15(23)18-12-4-6-13(7-5-12)22(24)25/h4-8,10H,1-3H3,(H,18,23). The molecule has 2 aromatic heterocycles. The van der Waals surface area contributed by atoms with Gasteiger partial charge in [-0.15, -0.1) is 10.2 Å². The van der Waals surface area contributed by atoms with E-state index < -0.39 is 10.2 Å². The SMILES string of the molecule is Cc1cc2nnc(SC(C)C(=O)Nc3ccc([N+](=O)[O-])cc3)n2c(C)n1. The molecule has 0 aliphatic heterocycles. The minimum Gasteiger partial charge on any atom is -0.325 e. The summed E-state index contributed by atoms with van der Waals surface area (Å²) in [5, 5.41) is 21.8. The predicted octanol–water partition coefficient (Wildman–Crippen LogP) is 2.77. The minimum atomic E-state index is -0.488. The van der Waals surface area contributed by atoms with Crippen molar-refractivity contribution in [3.05, 3.63) is 52.0 Å². The van der Waals surface area contributed by atoms with Crippen molar-refractivity contribution in [2.45, 2.75) is 31.2 Å². The highest BCUT2D eigenvalue weighted by molar-refractivity contribution is 8.00. The second-order valence-electron chi connectivity index (χ2n) is 5.67. The molecule has 3 aromatic rings. The Labute approximate surface area is 153 Å². The first-order chi connectivity index (χ1) is 12.3. The van der Waals surface area contributed by atoms with Gasteiger partial charge in [0, 0.05) is 29.6 Å². The number of hydrogen-bond acceptors (Lipinski definition) is 7. The molecule has 10 heteroatoms. The molecule has 1 atom stereocenters. The monoisotopic (exact) mass is 372 g/mol. The van der Waals surface area contributed by atoms with Crippen LogP contribution in [-0.4, -0.2) is 35.7 Å². The Morgan fingerprint density at radius 1 is 1.27 bits per heavy atom. The third-order valence-corrected chi connectivity index (χ3v) is 4.70. The molecule has 9 nitrogen and oxygen atoms in total. The highest BCUT2D eigenvalue weighted by atomic mass is 32.2. The number of aromatic nitrogens is 4. The van der Waals surface area contributed by atoms with Crippen LogP contribution in [0.5, 0.6) is 0 Å². The lowest BCUT2D eigenvalue weighted by Gasteiger charge is -2.11. The van der Waals surface area contributed by atoms with E-state index in [9.17, 15) is 14.9 Å². The number of hydrogen-bond donors (Lipinski definition) is 1. The van der Waals surface area contributed by atoms with Crippen molar-refractivity contribution in [3.63, 3.8) is 0 Å². The fourth-order valence-corrected chi connectivity index (χ4v) is 3.30. The van der Waals surface area contributed by atoms with E-state index in [1.165, 1.54) is 36.0 Å². The number of nitro groups is 1. The van der Waals surface area contributed by atoms with E-state index in [1.807, 2.05) is 19.9 Å². The van der Waals surface area contributed by atoms with Crippen molar-refractivity contribution in [1.82, 2.24) is 19.6 Å². The Morgan fingerprint density at radius 2 is 1.96 bits per heavy atom. The number of benzene rings is 1. The average molecular weight is 372 g/mol. The number of amides is 1. The summed E-state index contributed by atoms with van der Waals surface area (Å²) >= 11 is 1.26. The van der Waals surface area contributed by atoms with E-state index in [4.69, 9.17) is 0 Å². The lowest BCUT2D eigenvalue weighted by atomic mass is 10.3. The highest BCUT2D eigenvalue weighted by Gasteiger charge is 2.19. The first-order valence-electron chi connectivity index (χ1n) is 7.76. The van der Waals surface area contributed by atoms with Crippen LogP contribution in [-0.2, 0) is 4.79 Å². The predicted molar refractivity (Wildman–Crippen MR) is 97.3 cm³/mol. The zero-order chi connectivity index (χ0) is 18.8. The van der Waals surface area contributed by atoms with Crippen LogP contribution in [0.1, 0.15) is 18.4 Å². The van der Waals surface area contributed by atoms with E-state index in [0.717, 1.165) is 11.5 Å². The second kappa shape index (κ2) is 7.08. The number of nitrogens with one attached hydrogen (secondary N) is 1. The molecule has 1 unspecified atom stereocenters. The Bertz CT molecular complexity index is 986.